The molecule has 1 rings (SSSR count). The first-order chi connectivity index (χ1) is 6.54. The zero-order valence-electron chi connectivity index (χ0n) is 9.36. The van der Waals surface area contributed by atoms with Crippen molar-refractivity contribution in [1.29, 1.82) is 0 Å². The van der Waals surface area contributed by atoms with Crippen molar-refractivity contribution >= 4 is 5.97 Å². The molecule has 0 amide bonds. The van der Waals surface area contributed by atoms with Crippen LogP contribution in [-0.2, 0) is 4.79 Å². The van der Waals surface area contributed by atoms with Gasteiger partial charge in [0.1, 0.15) is 6.04 Å². The first kappa shape index (κ1) is 11.5. The van der Waals surface area contributed by atoms with Crippen LogP contribution in [0.2, 0.25) is 0 Å². The normalized spacial score (nSPS) is 26.4. The Bertz CT molecular complexity index is 203. The number of carboxylic acid groups (broad SMARTS) is 1. The van der Waals surface area contributed by atoms with Crippen molar-refractivity contribution in [2.24, 2.45) is 5.92 Å². The predicted molar refractivity (Wildman–Crippen MR) is 56.3 cm³/mol. The predicted octanol–water partition coefficient (Wildman–Crippen LogP) is 1.97. The van der Waals surface area contributed by atoms with Gasteiger partial charge in [0.15, 0.2) is 0 Å². The van der Waals surface area contributed by atoms with Crippen LogP contribution in [-0.4, -0.2) is 34.6 Å². The van der Waals surface area contributed by atoms with E-state index in [0.717, 1.165) is 19.4 Å². The maximum Gasteiger partial charge on any atom is 0.320 e. The summed E-state index contributed by atoms with van der Waals surface area (Å²) >= 11 is 0. The molecule has 14 heavy (non-hydrogen) atoms. The summed E-state index contributed by atoms with van der Waals surface area (Å²) in [6.07, 6.45) is 3.53. The lowest BCUT2D eigenvalue weighted by Gasteiger charge is -2.40. The summed E-state index contributed by atoms with van der Waals surface area (Å²) in [6.45, 7) is 7.09. The van der Waals surface area contributed by atoms with Crippen LogP contribution in [0.25, 0.3) is 0 Å². The van der Waals surface area contributed by atoms with Crippen molar-refractivity contribution in [2.75, 3.05) is 6.54 Å². The molecule has 0 aliphatic carbocycles. The van der Waals surface area contributed by atoms with E-state index in [9.17, 15) is 4.79 Å². The highest BCUT2D eigenvalue weighted by Gasteiger charge is 2.31. The number of carbonyl (C=O) groups is 1. The van der Waals surface area contributed by atoms with Gasteiger partial charge in [-0.1, -0.05) is 20.3 Å². The highest BCUT2D eigenvalue weighted by atomic mass is 16.4. The molecule has 0 spiro atoms. The van der Waals surface area contributed by atoms with E-state index in [1.54, 1.807) is 6.92 Å². The maximum atomic E-state index is 10.9. The van der Waals surface area contributed by atoms with Gasteiger partial charge in [0.25, 0.3) is 0 Å². The minimum Gasteiger partial charge on any atom is -0.480 e. The van der Waals surface area contributed by atoms with E-state index < -0.39 is 5.97 Å². The molecule has 1 heterocycles. The number of rotatable bonds is 3. The van der Waals surface area contributed by atoms with Crippen LogP contribution in [0.15, 0.2) is 0 Å². The van der Waals surface area contributed by atoms with E-state index in [2.05, 4.69) is 18.7 Å². The first-order valence-corrected chi connectivity index (χ1v) is 5.52. The summed E-state index contributed by atoms with van der Waals surface area (Å²) < 4.78 is 0. The standard InChI is InChI=1S/C11H21NO2/c1-8(2)10-6-4-5-7-12(10)9(3)11(13)14/h8-10H,4-7H2,1-3H3,(H,13,14). The number of aliphatic carboxylic acids is 1. The molecule has 1 aliphatic heterocycles. The van der Waals surface area contributed by atoms with Crippen LogP contribution in [0, 0.1) is 5.92 Å². The van der Waals surface area contributed by atoms with E-state index >= 15 is 0 Å². The summed E-state index contributed by atoms with van der Waals surface area (Å²) in [5.41, 5.74) is 0. The van der Waals surface area contributed by atoms with E-state index in [1.165, 1.54) is 6.42 Å². The quantitative estimate of drug-likeness (QED) is 0.755. The third-order valence-corrected chi connectivity index (χ3v) is 3.22. The number of hydrogen-bond donors (Lipinski definition) is 1. The second-order valence-electron chi connectivity index (χ2n) is 4.56. The van der Waals surface area contributed by atoms with E-state index in [4.69, 9.17) is 5.11 Å². The van der Waals surface area contributed by atoms with E-state index in [0.29, 0.717) is 12.0 Å². The molecular weight excluding hydrogens is 178 g/mol. The van der Waals surface area contributed by atoms with Gasteiger partial charge in [-0.2, -0.15) is 0 Å². The summed E-state index contributed by atoms with van der Waals surface area (Å²) in [7, 11) is 0. The Morgan fingerprint density at radius 3 is 2.50 bits per heavy atom. The van der Waals surface area contributed by atoms with Crippen molar-refractivity contribution in [3.63, 3.8) is 0 Å². The van der Waals surface area contributed by atoms with Gasteiger partial charge in [-0.15, -0.1) is 0 Å². The monoisotopic (exact) mass is 199 g/mol. The summed E-state index contributed by atoms with van der Waals surface area (Å²) in [5, 5.41) is 8.99. The molecule has 0 bridgehead atoms. The lowest BCUT2D eigenvalue weighted by molar-refractivity contribution is -0.144. The van der Waals surface area contributed by atoms with Crippen LogP contribution >= 0.6 is 0 Å². The minimum absolute atomic E-state index is 0.331. The van der Waals surface area contributed by atoms with Gasteiger partial charge < -0.3 is 5.11 Å². The second kappa shape index (κ2) is 4.78. The summed E-state index contributed by atoms with van der Waals surface area (Å²) in [4.78, 5) is 13.1. The fraction of sp³-hybridized carbons (Fsp3) is 0.909. The number of carboxylic acids is 1. The van der Waals surface area contributed by atoms with Gasteiger partial charge >= 0.3 is 5.97 Å². The SMILES string of the molecule is CC(C)C1CCCCN1C(C)C(=O)O. The van der Waals surface area contributed by atoms with Crippen molar-refractivity contribution < 1.29 is 9.90 Å². The molecule has 0 radical (unpaired) electrons. The molecular formula is C11H21NO2. The van der Waals surface area contributed by atoms with Gasteiger partial charge in [0.05, 0.1) is 0 Å². The van der Waals surface area contributed by atoms with Crippen LogP contribution < -0.4 is 0 Å². The highest BCUT2D eigenvalue weighted by Crippen LogP contribution is 2.24. The zero-order chi connectivity index (χ0) is 10.7. The summed E-state index contributed by atoms with van der Waals surface area (Å²) in [6, 6.07) is 0.123. The Hall–Kier alpha value is -0.570. The number of piperidine rings is 1. The van der Waals surface area contributed by atoms with Crippen molar-refractivity contribution in [3.05, 3.63) is 0 Å². The molecule has 0 aromatic carbocycles. The molecule has 1 fully saturated rings. The van der Waals surface area contributed by atoms with Crippen molar-refractivity contribution in [2.45, 2.75) is 52.1 Å². The maximum absolute atomic E-state index is 10.9. The number of nitrogens with zero attached hydrogens (tertiary/aromatic N) is 1. The van der Waals surface area contributed by atoms with Crippen LogP contribution in [0.5, 0.6) is 0 Å². The molecule has 2 unspecified atom stereocenters. The van der Waals surface area contributed by atoms with Gasteiger partial charge in [0, 0.05) is 6.04 Å². The van der Waals surface area contributed by atoms with Gasteiger partial charge in [-0.3, -0.25) is 9.69 Å². The van der Waals surface area contributed by atoms with Crippen LogP contribution in [0.4, 0.5) is 0 Å². The lowest BCUT2D eigenvalue weighted by atomic mass is 9.91. The van der Waals surface area contributed by atoms with Crippen molar-refractivity contribution in [3.8, 4) is 0 Å². The average Bonchev–Trinajstić information content (AvgIpc) is 2.16. The molecule has 3 heteroatoms. The third-order valence-electron chi connectivity index (χ3n) is 3.22. The van der Waals surface area contributed by atoms with Gasteiger partial charge in [-0.25, -0.2) is 0 Å². The summed E-state index contributed by atoms with van der Waals surface area (Å²) in [5.74, 6) is -0.144. The molecule has 2 atom stereocenters. The Labute approximate surface area is 86.1 Å². The molecule has 3 nitrogen and oxygen atoms in total. The smallest absolute Gasteiger partial charge is 0.320 e. The highest BCUT2D eigenvalue weighted by molar-refractivity contribution is 5.72. The van der Waals surface area contributed by atoms with E-state index in [1.807, 2.05) is 0 Å². The Morgan fingerprint density at radius 1 is 1.36 bits per heavy atom. The largest absolute Gasteiger partial charge is 0.480 e. The molecule has 1 aliphatic rings. The molecule has 82 valence electrons. The number of hydrogen-bond acceptors (Lipinski definition) is 2. The Morgan fingerprint density at radius 2 is 2.00 bits per heavy atom. The first-order valence-electron chi connectivity index (χ1n) is 5.52. The van der Waals surface area contributed by atoms with Crippen LogP contribution in [0.1, 0.15) is 40.0 Å². The Balaban J connectivity index is 2.67. The average molecular weight is 199 g/mol. The topological polar surface area (TPSA) is 40.5 Å². The van der Waals surface area contributed by atoms with Crippen LogP contribution in [0.3, 0.4) is 0 Å². The number of likely N-dealkylation sites (tertiary alicyclic amines) is 1. The minimum atomic E-state index is -0.697. The Kier molecular flexibility index (Phi) is 3.93. The fourth-order valence-electron chi connectivity index (χ4n) is 2.32. The molecule has 1 saturated heterocycles. The zero-order valence-corrected chi connectivity index (χ0v) is 9.36. The van der Waals surface area contributed by atoms with Gasteiger partial charge in [0.2, 0.25) is 0 Å². The lowest BCUT2D eigenvalue weighted by Crippen LogP contribution is -2.50. The fourth-order valence-corrected chi connectivity index (χ4v) is 2.32. The molecule has 1 N–H and O–H groups in total. The second-order valence-corrected chi connectivity index (χ2v) is 4.56. The van der Waals surface area contributed by atoms with Crippen molar-refractivity contribution in [1.82, 2.24) is 4.90 Å². The molecule has 0 aromatic heterocycles. The van der Waals surface area contributed by atoms with E-state index in [-0.39, 0.29) is 6.04 Å². The third kappa shape index (κ3) is 2.47. The molecule has 0 saturated carbocycles. The molecule has 0 aromatic rings. The van der Waals surface area contributed by atoms with Gasteiger partial charge in [-0.05, 0) is 32.2 Å².